The Bertz CT molecular complexity index is 3840. The zero-order valence-electron chi connectivity index (χ0n) is 32.0. The van der Waals surface area contributed by atoms with Crippen LogP contribution in [0.2, 0.25) is 0 Å². The molecule has 0 bridgehead atoms. The Kier molecular flexibility index (Phi) is 6.72. The molecule has 0 saturated heterocycles. The van der Waals surface area contributed by atoms with Crippen molar-refractivity contribution in [3.05, 3.63) is 212 Å². The third-order valence-corrected chi connectivity index (χ3v) is 12.6. The summed E-state index contributed by atoms with van der Waals surface area (Å²) in [5.74, 6) is 0. The summed E-state index contributed by atoms with van der Waals surface area (Å²) in [5, 5.41) is 12.5. The van der Waals surface area contributed by atoms with E-state index in [-0.39, 0.29) is 0 Å². The number of rotatable bonds is 4. The molecule has 3 nitrogen and oxygen atoms in total. The van der Waals surface area contributed by atoms with Gasteiger partial charge in [-0.1, -0.05) is 152 Å². The molecule has 0 N–H and O–H groups in total. The number of fused-ring (bicyclic) bond motifs is 13. The predicted octanol–water partition coefficient (Wildman–Crippen LogP) is 15.0. The van der Waals surface area contributed by atoms with Crippen LogP contribution >= 0.6 is 0 Å². The van der Waals surface area contributed by atoms with Gasteiger partial charge in [-0.2, -0.15) is 0 Å². The highest BCUT2D eigenvalue weighted by Crippen LogP contribution is 2.43. The molecule has 0 fully saturated rings. The maximum atomic E-state index is 2.49. The van der Waals surface area contributed by atoms with Crippen molar-refractivity contribution in [1.29, 1.82) is 0 Å². The van der Waals surface area contributed by atoms with Gasteiger partial charge in [0.1, 0.15) is 0 Å². The van der Waals surface area contributed by atoms with E-state index in [2.05, 4.69) is 226 Å². The average molecular weight is 750 g/mol. The monoisotopic (exact) mass is 749 g/mol. The molecule has 3 heteroatoms. The minimum Gasteiger partial charge on any atom is -0.309 e. The zero-order valence-corrected chi connectivity index (χ0v) is 32.0. The van der Waals surface area contributed by atoms with Crippen LogP contribution in [0.1, 0.15) is 0 Å². The van der Waals surface area contributed by atoms with E-state index in [1.54, 1.807) is 0 Å². The van der Waals surface area contributed by atoms with Crippen LogP contribution in [0.4, 0.5) is 0 Å². The maximum Gasteiger partial charge on any atom is 0.0788 e. The van der Waals surface area contributed by atoms with Crippen LogP contribution in [0.5, 0.6) is 0 Å². The molecular weight excluding hydrogens is 715 g/mol. The first kappa shape index (κ1) is 32.2. The van der Waals surface area contributed by atoms with Crippen molar-refractivity contribution in [3.63, 3.8) is 0 Å². The lowest BCUT2D eigenvalue weighted by atomic mass is 10.00. The van der Waals surface area contributed by atoms with Crippen molar-refractivity contribution in [2.24, 2.45) is 0 Å². The summed E-state index contributed by atoms with van der Waals surface area (Å²) in [7, 11) is 0. The van der Waals surface area contributed by atoms with E-state index >= 15 is 0 Å². The normalized spacial score (nSPS) is 12.1. The van der Waals surface area contributed by atoms with Crippen molar-refractivity contribution in [3.8, 4) is 28.2 Å². The minimum atomic E-state index is 1.14. The Morgan fingerprint density at radius 1 is 0.237 bits per heavy atom. The second-order valence-corrected chi connectivity index (χ2v) is 15.7. The van der Waals surface area contributed by atoms with E-state index in [0.717, 1.165) is 11.4 Å². The van der Waals surface area contributed by atoms with Gasteiger partial charge in [-0.25, -0.2) is 0 Å². The fourth-order valence-electron chi connectivity index (χ4n) is 10.1. The summed E-state index contributed by atoms with van der Waals surface area (Å²) in [6, 6.07) is 78.0. The van der Waals surface area contributed by atoms with Crippen LogP contribution in [0, 0.1) is 0 Å². The average Bonchev–Trinajstić information content (AvgIpc) is 3.95. The van der Waals surface area contributed by atoms with Crippen LogP contribution in [0.3, 0.4) is 0 Å². The zero-order chi connectivity index (χ0) is 38.6. The molecular formula is C56H35N3. The highest BCUT2D eigenvalue weighted by atomic mass is 15.0. The Morgan fingerprint density at radius 2 is 0.729 bits per heavy atom. The SMILES string of the molecule is c1ccc(-n2c3ccccc3c3ccc4c5ccccc5n(-c5cccc(-c6ccc7c(c6)c6ccccc6n7-c6cc7ccccc7c7ccccc67)c5)c4c32)cc1. The Morgan fingerprint density at radius 3 is 1.42 bits per heavy atom. The number of aromatic nitrogens is 3. The first-order chi connectivity index (χ1) is 29.3. The fourth-order valence-corrected chi connectivity index (χ4v) is 10.1. The van der Waals surface area contributed by atoms with Gasteiger partial charge < -0.3 is 13.7 Å². The number of hydrogen-bond acceptors (Lipinski definition) is 0. The van der Waals surface area contributed by atoms with Gasteiger partial charge in [0.2, 0.25) is 0 Å². The molecule has 0 aliphatic rings. The first-order valence-corrected chi connectivity index (χ1v) is 20.4. The number of hydrogen-bond donors (Lipinski definition) is 0. The summed E-state index contributed by atoms with van der Waals surface area (Å²) in [6.07, 6.45) is 0. The Labute approximate surface area is 339 Å². The molecule has 0 atom stereocenters. The second kappa shape index (κ2) is 12.3. The number of para-hydroxylation sites is 4. The lowest BCUT2D eigenvalue weighted by molar-refractivity contribution is 1.15. The molecule has 0 saturated carbocycles. The third-order valence-electron chi connectivity index (χ3n) is 12.6. The maximum absolute atomic E-state index is 2.49. The first-order valence-electron chi connectivity index (χ1n) is 20.4. The molecule has 10 aromatic carbocycles. The van der Waals surface area contributed by atoms with Gasteiger partial charge in [0, 0.05) is 49.1 Å². The smallest absolute Gasteiger partial charge is 0.0788 e. The van der Waals surface area contributed by atoms with Crippen LogP contribution in [0.15, 0.2) is 212 Å². The van der Waals surface area contributed by atoms with Gasteiger partial charge >= 0.3 is 0 Å². The highest BCUT2D eigenvalue weighted by molar-refractivity contribution is 6.24. The fraction of sp³-hybridized carbons (Fsp3) is 0. The van der Waals surface area contributed by atoms with Crippen LogP contribution in [-0.4, -0.2) is 13.7 Å². The molecule has 0 spiro atoms. The summed E-state index contributed by atoms with van der Waals surface area (Å²) >= 11 is 0. The third kappa shape index (κ3) is 4.58. The van der Waals surface area contributed by atoms with Gasteiger partial charge in [-0.3, -0.25) is 0 Å². The Hall–Kier alpha value is -7.88. The molecule has 59 heavy (non-hydrogen) atoms. The lowest BCUT2D eigenvalue weighted by Gasteiger charge is -2.15. The quantitative estimate of drug-likeness (QED) is 0.159. The van der Waals surface area contributed by atoms with Crippen molar-refractivity contribution in [2.45, 2.75) is 0 Å². The molecule has 13 aromatic rings. The molecule has 0 radical (unpaired) electrons. The van der Waals surface area contributed by atoms with Gasteiger partial charge in [0.25, 0.3) is 0 Å². The van der Waals surface area contributed by atoms with E-state index in [1.807, 2.05) is 0 Å². The predicted molar refractivity (Wildman–Crippen MR) is 250 cm³/mol. The van der Waals surface area contributed by atoms with Crippen molar-refractivity contribution < 1.29 is 0 Å². The lowest BCUT2D eigenvalue weighted by Crippen LogP contribution is -1.99. The molecule has 0 aliphatic carbocycles. The molecule has 0 aliphatic heterocycles. The minimum absolute atomic E-state index is 1.14. The summed E-state index contributed by atoms with van der Waals surface area (Å²) < 4.78 is 7.41. The molecule has 274 valence electrons. The standard InChI is InChI=1S/C56H35N3/c1-2-17-39(18-3-1)57-50-26-11-8-23-44(50)47-30-31-48-45-24-9-12-27-51(45)58(56(48)55(47)57)40-19-14-16-36(33-40)37-29-32-53-49(34-37)46-25-10-13-28-52(46)59(53)54-35-38-15-4-5-20-41(38)42-21-6-7-22-43(42)54/h1-35H. The van der Waals surface area contributed by atoms with E-state index in [9.17, 15) is 0 Å². The molecule has 3 heterocycles. The van der Waals surface area contributed by atoms with E-state index in [0.29, 0.717) is 0 Å². The van der Waals surface area contributed by atoms with E-state index in [1.165, 1.54) is 104 Å². The van der Waals surface area contributed by atoms with Crippen LogP contribution in [0.25, 0.3) is 115 Å². The summed E-state index contributed by atoms with van der Waals surface area (Å²) in [4.78, 5) is 0. The highest BCUT2D eigenvalue weighted by Gasteiger charge is 2.22. The number of benzene rings is 10. The van der Waals surface area contributed by atoms with E-state index in [4.69, 9.17) is 0 Å². The molecule has 0 unspecified atom stereocenters. The van der Waals surface area contributed by atoms with Gasteiger partial charge in [-0.05, 0) is 87.9 Å². The van der Waals surface area contributed by atoms with Gasteiger partial charge in [-0.15, -0.1) is 0 Å². The topological polar surface area (TPSA) is 14.8 Å². The Balaban J connectivity index is 1.05. The number of nitrogens with zero attached hydrogens (tertiary/aromatic N) is 3. The summed E-state index contributed by atoms with van der Waals surface area (Å²) in [5.41, 5.74) is 13.1. The van der Waals surface area contributed by atoms with Crippen molar-refractivity contribution in [2.75, 3.05) is 0 Å². The molecule has 13 rings (SSSR count). The van der Waals surface area contributed by atoms with Crippen molar-refractivity contribution >= 4 is 87.0 Å². The molecule has 3 aromatic heterocycles. The van der Waals surface area contributed by atoms with Crippen molar-refractivity contribution in [1.82, 2.24) is 13.7 Å². The summed E-state index contributed by atoms with van der Waals surface area (Å²) in [6.45, 7) is 0. The van der Waals surface area contributed by atoms with E-state index < -0.39 is 0 Å². The van der Waals surface area contributed by atoms with Crippen LogP contribution < -0.4 is 0 Å². The molecule has 0 amide bonds. The van der Waals surface area contributed by atoms with Crippen LogP contribution in [-0.2, 0) is 0 Å². The largest absolute Gasteiger partial charge is 0.309 e. The van der Waals surface area contributed by atoms with Gasteiger partial charge in [0.05, 0.1) is 38.8 Å². The second-order valence-electron chi connectivity index (χ2n) is 15.7. The van der Waals surface area contributed by atoms with Gasteiger partial charge in [0.15, 0.2) is 0 Å².